The Kier molecular flexibility index (Phi) is 3.33. The number of aromatic hydroxyl groups is 1. The van der Waals surface area contributed by atoms with Crippen LogP contribution in [0, 0.1) is 0 Å². The van der Waals surface area contributed by atoms with E-state index in [4.69, 9.17) is 5.11 Å². The second-order valence-corrected chi connectivity index (χ2v) is 2.71. The van der Waals surface area contributed by atoms with Crippen LogP contribution in [0.1, 0.15) is 0 Å². The van der Waals surface area contributed by atoms with E-state index in [1.54, 1.807) is 0 Å². The second-order valence-electron chi connectivity index (χ2n) is 2.71. The maximum atomic E-state index is 12.4. The van der Waals surface area contributed by atoms with E-state index in [1.165, 1.54) is 0 Å². The van der Waals surface area contributed by atoms with Gasteiger partial charge >= 0.3 is 12.3 Å². The first-order valence-corrected chi connectivity index (χ1v) is 3.85. The Bertz CT molecular complexity index is 315. The zero-order valence-corrected chi connectivity index (χ0v) is 7.33. The van der Waals surface area contributed by atoms with Crippen molar-refractivity contribution in [1.29, 1.82) is 0 Å². The minimum absolute atomic E-state index is 0.178. The molecule has 0 aliphatic carbocycles. The summed E-state index contributed by atoms with van der Waals surface area (Å²) >= 11 is 0. The van der Waals surface area contributed by atoms with Gasteiger partial charge in [0.25, 0.3) is 0 Å². The van der Waals surface area contributed by atoms with Gasteiger partial charge in [-0.05, 0) is 6.07 Å². The van der Waals surface area contributed by atoms with Crippen molar-refractivity contribution in [3.8, 4) is 11.6 Å². The number of nitrogens with zero attached hydrogens (tertiary/aromatic N) is 1. The Morgan fingerprint density at radius 2 is 2.07 bits per heavy atom. The number of alkyl halides is 4. The van der Waals surface area contributed by atoms with Crippen LogP contribution in [0.5, 0.6) is 11.6 Å². The summed E-state index contributed by atoms with van der Waals surface area (Å²) in [5.41, 5.74) is 0. The second kappa shape index (κ2) is 4.33. The van der Waals surface area contributed by atoms with Crippen LogP contribution >= 0.6 is 0 Å². The van der Waals surface area contributed by atoms with Crippen molar-refractivity contribution in [2.45, 2.75) is 12.3 Å². The molecule has 0 bridgehead atoms. The van der Waals surface area contributed by atoms with Crippen molar-refractivity contribution < 1.29 is 27.4 Å². The molecule has 1 heterocycles. The van der Waals surface area contributed by atoms with Gasteiger partial charge in [0.05, 0.1) is 6.20 Å². The zero-order valence-electron chi connectivity index (χ0n) is 7.33. The Morgan fingerprint density at radius 1 is 1.40 bits per heavy atom. The van der Waals surface area contributed by atoms with Gasteiger partial charge in [0.2, 0.25) is 5.88 Å². The van der Waals surface area contributed by atoms with Gasteiger partial charge in [0.1, 0.15) is 5.75 Å². The minimum atomic E-state index is -4.21. The molecule has 0 aliphatic rings. The van der Waals surface area contributed by atoms with Gasteiger partial charge in [0.15, 0.2) is 6.61 Å². The third kappa shape index (κ3) is 3.26. The third-order valence-electron chi connectivity index (χ3n) is 1.45. The lowest BCUT2D eigenvalue weighted by atomic mass is 10.4. The Balaban J connectivity index is 2.54. The van der Waals surface area contributed by atoms with E-state index in [2.05, 4.69) is 9.72 Å². The molecule has 0 unspecified atom stereocenters. The molecular weight excluding hydrogens is 218 g/mol. The highest BCUT2D eigenvalue weighted by molar-refractivity contribution is 5.21. The summed E-state index contributed by atoms with van der Waals surface area (Å²) in [7, 11) is 0. The molecule has 1 rings (SSSR count). The summed E-state index contributed by atoms with van der Waals surface area (Å²) in [6.45, 7) is -1.46. The van der Waals surface area contributed by atoms with Gasteiger partial charge < -0.3 is 9.84 Å². The lowest BCUT2D eigenvalue weighted by Gasteiger charge is -2.15. The molecule has 1 aromatic heterocycles. The maximum absolute atomic E-state index is 12.4. The molecule has 0 aromatic carbocycles. The molecule has 1 N–H and O–H groups in total. The molecule has 0 spiro atoms. The predicted molar refractivity (Wildman–Crippen MR) is 42.3 cm³/mol. The molecule has 0 amide bonds. The summed E-state index contributed by atoms with van der Waals surface area (Å²) in [6.07, 6.45) is -2.83. The van der Waals surface area contributed by atoms with E-state index in [-0.39, 0.29) is 11.6 Å². The van der Waals surface area contributed by atoms with E-state index < -0.39 is 19.0 Å². The van der Waals surface area contributed by atoms with Crippen LogP contribution in [0.15, 0.2) is 18.3 Å². The lowest BCUT2D eigenvalue weighted by molar-refractivity contribution is -0.148. The highest BCUT2D eigenvalue weighted by Gasteiger charge is 2.41. The average molecular weight is 225 g/mol. The van der Waals surface area contributed by atoms with Gasteiger partial charge in [-0.3, -0.25) is 0 Å². The van der Waals surface area contributed by atoms with Gasteiger partial charge in [-0.2, -0.15) is 8.78 Å². The van der Waals surface area contributed by atoms with Crippen molar-refractivity contribution in [3.05, 3.63) is 18.3 Å². The van der Waals surface area contributed by atoms with Crippen molar-refractivity contribution in [3.63, 3.8) is 0 Å². The van der Waals surface area contributed by atoms with E-state index >= 15 is 0 Å². The molecule has 0 atom stereocenters. The molecule has 7 heteroatoms. The van der Waals surface area contributed by atoms with E-state index in [0.717, 1.165) is 18.3 Å². The Morgan fingerprint density at radius 3 is 2.53 bits per heavy atom. The van der Waals surface area contributed by atoms with Gasteiger partial charge in [-0.25, -0.2) is 13.8 Å². The van der Waals surface area contributed by atoms with Crippen LogP contribution < -0.4 is 4.74 Å². The quantitative estimate of drug-likeness (QED) is 0.797. The molecule has 84 valence electrons. The number of hydrogen-bond acceptors (Lipinski definition) is 3. The summed E-state index contributed by atoms with van der Waals surface area (Å²) in [4.78, 5) is 3.39. The monoisotopic (exact) mass is 225 g/mol. The zero-order chi connectivity index (χ0) is 11.5. The maximum Gasteiger partial charge on any atom is 0.340 e. The average Bonchev–Trinajstić information content (AvgIpc) is 2.17. The van der Waals surface area contributed by atoms with Crippen LogP contribution in [-0.4, -0.2) is 29.0 Å². The summed E-state index contributed by atoms with van der Waals surface area (Å²) in [5, 5.41) is 8.79. The number of aromatic nitrogens is 1. The molecule has 1 aromatic rings. The van der Waals surface area contributed by atoms with Crippen molar-refractivity contribution in [2.75, 3.05) is 6.61 Å². The third-order valence-corrected chi connectivity index (χ3v) is 1.45. The first-order valence-electron chi connectivity index (χ1n) is 3.85. The predicted octanol–water partition coefficient (Wildman–Crippen LogP) is 2.07. The first kappa shape index (κ1) is 11.5. The molecule has 0 saturated carbocycles. The first-order chi connectivity index (χ1) is 6.92. The van der Waals surface area contributed by atoms with Crippen LogP contribution in [0.2, 0.25) is 0 Å². The molecule has 3 nitrogen and oxygen atoms in total. The van der Waals surface area contributed by atoms with Gasteiger partial charge in [-0.15, -0.1) is 0 Å². The topological polar surface area (TPSA) is 42.4 Å². The molecular formula is C8H7F4NO2. The number of hydrogen-bond donors (Lipinski definition) is 1. The van der Waals surface area contributed by atoms with Gasteiger partial charge in [0, 0.05) is 6.07 Å². The molecule has 0 saturated heterocycles. The summed E-state index contributed by atoms with van der Waals surface area (Å²) in [6, 6.07) is 2.24. The largest absolute Gasteiger partial charge is 0.506 e. The smallest absolute Gasteiger partial charge is 0.340 e. The van der Waals surface area contributed by atoms with E-state index in [0.29, 0.717) is 0 Å². The number of halogens is 4. The Hall–Kier alpha value is -1.53. The van der Waals surface area contributed by atoms with Crippen molar-refractivity contribution >= 4 is 0 Å². The minimum Gasteiger partial charge on any atom is -0.506 e. The van der Waals surface area contributed by atoms with Gasteiger partial charge in [-0.1, -0.05) is 0 Å². The highest BCUT2D eigenvalue weighted by atomic mass is 19.3. The molecule has 15 heavy (non-hydrogen) atoms. The van der Waals surface area contributed by atoms with Crippen molar-refractivity contribution in [2.24, 2.45) is 0 Å². The SMILES string of the molecule is Oc1ccc(OCC(F)(F)C(F)F)nc1. The fourth-order valence-corrected chi connectivity index (χ4v) is 0.691. The number of pyridine rings is 1. The Labute approximate surface area is 82.3 Å². The molecule has 0 radical (unpaired) electrons. The fourth-order valence-electron chi connectivity index (χ4n) is 0.691. The van der Waals surface area contributed by atoms with Crippen LogP contribution in [0.25, 0.3) is 0 Å². The summed E-state index contributed by atoms with van der Waals surface area (Å²) < 4.78 is 52.4. The van der Waals surface area contributed by atoms with Crippen molar-refractivity contribution in [1.82, 2.24) is 4.98 Å². The van der Waals surface area contributed by atoms with Crippen LogP contribution in [0.4, 0.5) is 17.6 Å². The molecule has 0 fully saturated rings. The fraction of sp³-hybridized carbons (Fsp3) is 0.375. The highest BCUT2D eigenvalue weighted by Crippen LogP contribution is 2.23. The molecule has 0 aliphatic heterocycles. The number of rotatable bonds is 4. The van der Waals surface area contributed by atoms with E-state index in [9.17, 15) is 17.6 Å². The van der Waals surface area contributed by atoms with E-state index in [1.807, 2.05) is 0 Å². The number of ether oxygens (including phenoxy) is 1. The lowest BCUT2D eigenvalue weighted by Crippen LogP contribution is -2.33. The normalized spacial score (nSPS) is 11.8. The summed E-state index contributed by atoms with van der Waals surface area (Å²) in [5.74, 6) is -4.64. The van der Waals surface area contributed by atoms with Crippen LogP contribution in [-0.2, 0) is 0 Å². The van der Waals surface area contributed by atoms with Crippen LogP contribution in [0.3, 0.4) is 0 Å². The standard InChI is InChI=1S/C8H7F4NO2/c9-7(10)8(11,12)4-15-6-2-1-5(14)3-13-6/h1-3,7,14H,4H2.